The van der Waals surface area contributed by atoms with Crippen molar-refractivity contribution in [2.75, 3.05) is 46.3 Å². The Balaban J connectivity index is 1.58. The van der Waals surface area contributed by atoms with Crippen molar-refractivity contribution in [3.63, 3.8) is 0 Å². The van der Waals surface area contributed by atoms with Crippen LogP contribution in [0, 0.1) is 11.6 Å². The number of rotatable bonds is 6. The quantitative estimate of drug-likeness (QED) is 0.802. The number of nitrogens with one attached hydrogen (secondary N) is 1. The third-order valence-electron chi connectivity index (χ3n) is 3.74. The lowest BCUT2D eigenvalue weighted by atomic mass is 10.2. The van der Waals surface area contributed by atoms with Gasteiger partial charge in [-0.2, -0.15) is 0 Å². The number of likely N-dealkylation sites (N-methyl/N-ethyl adjacent to an activating group) is 1. The first kappa shape index (κ1) is 15.4. The summed E-state index contributed by atoms with van der Waals surface area (Å²) in [5, 5.41) is 3.27. The van der Waals surface area contributed by atoms with E-state index in [1.807, 2.05) is 0 Å². The smallest absolute Gasteiger partial charge is 0.159 e. The van der Waals surface area contributed by atoms with Crippen LogP contribution in [-0.2, 0) is 6.54 Å². The highest BCUT2D eigenvalue weighted by Gasteiger charge is 2.12. The number of nitrogens with zero attached hydrogens (tertiary/aromatic N) is 2. The molecule has 1 aliphatic heterocycles. The van der Waals surface area contributed by atoms with Gasteiger partial charge in [-0.25, -0.2) is 8.78 Å². The van der Waals surface area contributed by atoms with Crippen molar-refractivity contribution < 1.29 is 8.78 Å². The molecule has 1 N–H and O–H groups in total. The van der Waals surface area contributed by atoms with E-state index in [1.165, 1.54) is 12.1 Å². The molecule has 0 bridgehead atoms. The van der Waals surface area contributed by atoms with Crippen LogP contribution in [0.2, 0.25) is 0 Å². The summed E-state index contributed by atoms with van der Waals surface area (Å²) in [6, 6.07) is 4.05. The van der Waals surface area contributed by atoms with E-state index < -0.39 is 11.6 Å². The highest BCUT2D eigenvalue weighted by atomic mass is 19.2. The van der Waals surface area contributed by atoms with Crippen LogP contribution in [0.25, 0.3) is 0 Å². The molecule has 0 atom stereocenters. The molecule has 5 heteroatoms. The summed E-state index contributed by atoms with van der Waals surface area (Å²) < 4.78 is 25.8. The van der Waals surface area contributed by atoms with Gasteiger partial charge in [0.15, 0.2) is 11.6 Å². The van der Waals surface area contributed by atoms with Crippen molar-refractivity contribution in [1.82, 2.24) is 15.1 Å². The summed E-state index contributed by atoms with van der Waals surface area (Å²) in [6.07, 6.45) is 1.08. The molecule has 0 spiro atoms. The van der Waals surface area contributed by atoms with Crippen molar-refractivity contribution in [1.29, 1.82) is 0 Å². The number of hydrogen-bond donors (Lipinski definition) is 1. The van der Waals surface area contributed by atoms with E-state index in [-0.39, 0.29) is 0 Å². The molecule has 0 aromatic heterocycles. The minimum atomic E-state index is -0.788. The average Bonchev–Trinajstić information content (AvgIpc) is 2.44. The molecule has 1 aromatic rings. The second-order valence-corrected chi connectivity index (χ2v) is 5.42. The molecule has 2 rings (SSSR count). The molecule has 1 fully saturated rings. The minimum absolute atomic E-state index is 0.583. The van der Waals surface area contributed by atoms with Gasteiger partial charge in [0, 0.05) is 32.7 Å². The Morgan fingerprint density at radius 1 is 1.10 bits per heavy atom. The van der Waals surface area contributed by atoms with Crippen molar-refractivity contribution in [3.8, 4) is 0 Å². The van der Waals surface area contributed by atoms with Gasteiger partial charge in [-0.1, -0.05) is 6.07 Å². The lowest BCUT2D eigenvalue weighted by Crippen LogP contribution is -2.45. The van der Waals surface area contributed by atoms with E-state index in [9.17, 15) is 8.78 Å². The zero-order chi connectivity index (χ0) is 14.4. The van der Waals surface area contributed by atoms with Crippen molar-refractivity contribution in [2.24, 2.45) is 0 Å². The van der Waals surface area contributed by atoms with Crippen molar-refractivity contribution in [3.05, 3.63) is 35.4 Å². The summed E-state index contributed by atoms with van der Waals surface area (Å²) in [5.74, 6) is -1.56. The summed E-state index contributed by atoms with van der Waals surface area (Å²) in [5.41, 5.74) is 0.781. The van der Waals surface area contributed by atoms with E-state index >= 15 is 0 Å². The number of halogens is 2. The maximum atomic E-state index is 13.0. The van der Waals surface area contributed by atoms with Gasteiger partial charge in [-0.3, -0.25) is 0 Å². The molecule has 1 aliphatic rings. The molecule has 1 saturated heterocycles. The monoisotopic (exact) mass is 283 g/mol. The van der Waals surface area contributed by atoms with Crippen LogP contribution in [0.15, 0.2) is 18.2 Å². The molecule has 3 nitrogen and oxygen atoms in total. The SMILES string of the molecule is CN1CCN(CCCNCc2ccc(F)c(F)c2)CC1. The maximum Gasteiger partial charge on any atom is 0.159 e. The molecule has 1 aromatic carbocycles. The molecule has 112 valence electrons. The van der Waals surface area contributed by atoms with Crippen molar-refractivity contribution in [2.45, 2.75) is 13.0 Å². The van der Waals surface area contributed by atoms with Gasteiger partial charge in [0.1, 0.15) is 0 Å². The Bertz CT molecular complexity index is 418. The third-order valence-corrected chi connectivity index (χ3v) is 3.74. The number of piperazine rings is 1. The van der Waals surface area contributed by atoms with Gasteiger partial charge >= 0.3 is 0 Å². The van der Waals surface area contributed by atoms with E-state index in [4.69, 9.17) is 0 Å². The first-order valence-corrected chi connectivity index (χ1v) is 7.21. The highest BCUT2D eigenvalue weighted by Crippen LogP contribution is 2.08. The lowest BCUT2D eigenvalue weighted by molar-refractivity contribution is 0.153. The summed E-state index contributed by atoms with van der Waals surface area (Å²) in [7, 11) is 2.15. The van der Waals surface area contributed by atoms with E-state index in [0.29, 0.717) is 6.54 Å². The zero-order valence-electron chi connectivity index (χ0n) is 12.0. The van der Waals surface area contributed by atoms with Crippen LogP contribution in [0.1, 0.15) is 12.0 Å². The molecular formula is C15H23F2N3. The van der Waals surface area contributed by atoms with Crippen molar-refractivity contribution >= 4 is 0 Å². The molecule has 1 heterocycles. The normalized spacial score (nSPS) is 17.6. The fourth-order valence-corrected chi connectivity index (χ4v) is 2.38. The van der Waals surface area contributed by atoms with Gasteiger partial charge in [0.25, 0.3) is 0 Å². The Hall–Kier alpha value is -1.04. The fraction of sp³-hybridized carbons (Fsp3) is 0.600. The van der Waals surface area contributed by atoms with Gasteiger partial charge in [0.05, 0.1) is 0 Å². The lowest BCUT2D eigenvalue weighted by Gasteiger charge is -2.32. The van der Waals surface area contributed by atoms with Crippen LogP contribution in [0.3, 0.4) is 0 Å². The second-order valence-electron chi connectivity index (χ2n) is 5.42. The molecule has 20 heavy (non-hydrogen) atoms. The number of hydrogen-bond acceptors (Lipinski definition) is 3. The highest BCUT2D eigenvalue weighted by molar-refractivity contribution is 5.17. The zero-order valence-corrected chi connectivity index (χ0v) is 12.0. The maximum absolute atomic E-state index is 13.0. The van der Waals surface area contributed by atoms with Crippen LogP contribution >= 0.6 is 0 Å². The van der Waals surface area contributed by atoms with Gasteiger partial charge in [-0.15, -0.1) is 0 Å². The summed E-state index contributed by atoms with van der Waals surface area (Å²) in [6.45, 7) is 7.13. The van der Waals surface area contributed by atoms with Crippen LogP contribution in [0.4, 0.5) is 8.78 Å². The van der Waals surface area contributed by atoms with E-state index in [1.54, 1.807) is 6.07 Å². The number of benzene rings is 1. The Labute approximate surface area is 119 Å². The van der Waals surface area contributed by atoms with Gasteiger partial charge < -0.3 is 15.1 Å². The fourth-order valence-electron chi connectivity index (χ4n) is 2.38. The first-order valence-electron chi connectivity index (χ1n) is 7.21. The Morgan fingerprint density at radius 3 is 2.55 bits per heavy atom. The molecule has 0 amide bonds. The average molecular weight is 283 g/mol. The first-order chi connectivity index (χ1) is 9.65. The molecule has 0 radical (unpaired) electrons. The predicted molar refractivity (Wildman–Crippen MR) is 76.6 cm³/mol. The van der Waals surface area contributed by atoms with Gasteiger partial charge in [0.2, 0.25) is 0 Å². The van der Waals surface area contributed by atoms with Crippen LogP contribution < -0.4 is 5.32 Å². The summed E-state index contributed by atoms with van der Waals surface area (Å²) in [4.78, 5) is 4.82. The molecule has 0 saturated carbocycles. The Kier molecular flexibility index (Phi) is 5.88. The topological polar surface area (TPSA) is 18.5 Å². The van der Waals surface area contributed by atoms with E-state index in [0.717, 1.165) is 51.3 Å². The predicted octanol–water partition coefficient (Wildman–Crippen LogP) is 1.69. The van der Waals surface area contributed by atoms with Crippen LogP contribution in [0.5, 0.6) is 0 Å². The van der Waals surface area contributed by atoms with Crippen LogP contribution in [-0.4, -0.2) is 56.1 Å². The molecule has 0 aliphatic carbocycles. The third kappa shape index (κ3) is 4.81. The second kappa shape index (κ2) is 7.67. The van der Waals surface area contributed by atoms with Gasteiger partial charge in [-0.05, 0) is 44.3 Å². The molecule has 0 unspecified atom stereocenters. The van der Waals surface area contributed by atoms with E-state index in [2.05, 4.69) is 22.2 Å². The minimum Gasteiger partial charge on any atom is -0.313 e. The Morgan fingerprint density at radius 2 is 1.85 bits per heavy atom. The standard InChI is InChI=1S/C15H23F2N3/c1-19-7-9-20(10-8-19)6-2-5-18-12-13-3-4-14(16)15(17)11-13/h3-4,11,18H,2,5-10,12H2,1H3. The summed E-state index contributed by atoms with van der Waals surface area (Å²) >= 11 is 0. The molecular weight excluding hydrogens is 260 g/mol. The largest absolute Gasteiger partial charge is 0.313 e.